The van der Waals surface area contributed by atoms with Gasteiger partial charge in [0.15, 0.2) is 0 Å². The normalized spacial score (nSPS) is 16.8. The Bertz CT molecular complexity index is 731. The summed E-state index contributed by atoms with van der Waals surface area (Å²) in [6.45, 7) is 10.1. The molecule has 0 aliphatic carbocycles. The van der Waals surface area contributed by atoms with Crippen molar-refractivity contribution >= 4 is 17.3 Å². The maximum atomic E-state index is 13.7. The number of ether oxygens (including phenoxy) is 1. The molecule has 1 heterocycles. The highest BCUT2D eigenvalue weighted by Gasteiger charge is 2.27. The molecule has 0 bridgehead atoms. The van der Waals surface area contributed by atoms with Crippen LogP contribution in [0.3, 0.4) is 0 Å². The van der Waals surface area contributed by atoms with Gasteiger partial charge in [-0.25, -0.2) is 8.78 Å². The predicted molar refractivity (Wildman–Crippen MR) is 114 cm³/mol. The number of nitrogens with zero attached hydrogens (tertiary/aromatic N) is 2. The second-order valence-corrected chi connectivity index (χ2v) is 7.53. The second-order valence-electron chi connectivity index (χ2n) is 7.53. The quantitative estimate of drug-likeness (QED) is 0.674. The molecule has 1 fully saturated rings. The van der Waals surface area contributed by atoms with Crippen LogP contribution in [0.1, 0.15) is 51.2 Å². The number of carbonyl (C=O) groups excluding carboxylic acids is 1. The number of hydrogen-bond acceptors (Lipinski definition) is 4. The number of hydrogen-bond donors (Lipinski definition) is 1. The van der Waals surface area contributed by atoms with Crippen LogP contribution in [-0.4, -0.2) is 50.2 Å². The van der Waals surface area contributed by atoms with Gasteiger partial charge < -0.3 is 15.0 Å². The molecule has 1 unspecified atom stereocenters. The standard InChI is InChI=1S/C22H33F2N3O2/c1-6-7-8-15(2)25-20-14-18(13-19(16(20)3)21(23)24)26(5)22(28)17(4)27-9-11-29-12-10-27/h8,13-14,17,21,25H,6-7,9-12H2,1-5H3/b15-8+. The highest BCUT2D eigenvalue weighted by atomic mass is 19.3. The summed E-state index contributed by atoms with van der Waals surface area (Å²) in [5.41, 5.74) is 2.40. The van der Waals surface area contributed by atoms with Crippen molar-refractivity contribution in [1.29, 1.82) is 0 Å². The summed E-state index contributed by atoms with van der Waals surface area (Å²) in [6, 6.07) is 2.84. The van der Waals surface area contributed by atoms with Gasteiger partial charge in [0, 0.05) is 42.8 Å². The third kappa shape index (κ3) is 6.00. The van der Waals surface area contributed by atoms with Crippen molar-refractivity contribution in [2.24, 2.45) is 0 Å². The van der Waals surface area contributed by atoms with E-state index in [0.717, 1.165) is 18.5 Å². The number of allylic oxidation sites excluding steroid dienone is 2. The fraction of sp³-hybridized carbons (Fsp3) is 0.591. The highest BCUT2D eigenvalue weighted by Crippen LogP contribution is 2.34. The molecule has 29 heavy (non-hydrogen) atoms. The maximum Gasteiger partial charge on any atom is 0.264 e. The largest absolute Gasteiger partial charge is 0.379 e. The first-order valence-corrected chi connectivity index (χ1v) is 10.2. The molecule has 1 aromatic carbocycles. The van der Waals surface area contributed by atoms with E-state index in [9.17, 15) is 13.6 Å². The van der Waals surface area contributed by atoms with Crippen LogP contribution in [0.25, 0.3) is 0 Å². The van der Waals surface area contributed by atoms with Gasteiger partial charge in [0.05, 0.1) is 19.3 Å². The zero-order chi connectivity index (χ0) is 21.6. The third-order valence-corrected chi connectivity index (χ3v) is 5.41. The average molecular weight is 410 g/mol. The van der Waals surface area contributed by atoms with Crippen molar-refractivity contribution in [2.75, 3.05) is 43.6 Å². The molecule has 2 rings (SSSR count). The molecule has 1 amide bonds. The lowest BCUT2D eigenvalue weighted by molar-refractivity contribution is -0.124. The third-order valence-electron chi connectivity index (χ3n) is 5.41. The molecule has 7 heteroatoms. The Balaban J connectivity index is 2.31. The van der Waals surface area contributed by atoms with Crippen molar-refractivity contribution in [3.8, 4) is 0 Å². The number of alkyl halides is 2. The van der Waals surface area contributed by atoms with E-state index in [4.69, 9.17) is 4.74 Å². The van der Waals surface area contributed by atoms with E-state index in [2.05, 4.69) is 17.1 Å². The number of likely N-dealkylation sites (N-methyl/N-ethyl adjacent to an activating group) is 1. The summed E-state index contributed by atoms with van der Waals surface area (Å²) in [6.07, 6.45) is 1.35. The molecular weight excluding hydrogens is 376 g/mol. The lowest BCUT2D eigenvalue weighted by atomic mass is 10.0. The second kappa shape index (κ2) is 10.7. The molecule has 5 nitrogen and oxygen atoms in total. The van der Waals surface area contributed by atoms with Crippen LogP contribution in [0.15, 0.2) is 23.9 Å². The summed E-state index contributed by atoms with van der Waals surface area (Å²) < 4.78 is 32.7. The number of halogens is 2. The molecule has 0 saturated carbocycles. The van der Waals surface area contributed by atoms with Crippen LogP contribution < -0.4 is 10.2 Å². The number of anilines is 2. The molecule has 162 valence electrons. The Kier molecular flexibility index (Phi) is 8.59. The van der Waals surface area contributed by atoms with Crippen LogP contribution in [0.5, 0.6) is 0 Å². The van der Waals surface area contributed by atoms with Crippen molar-refractivity contribution in [3.05, 3.63) is 35.0 Å². The summed E-state index contributed by atoms with van der Waals surface area (Å²) in [5, 5.41) is 3.23. The van der Waals surface area contributed by atoms with Crippen molar-refractivity contribution in [3.63, 3.8) is 0 Å². The molecule has 1 saturated heterocycles. The van der Waals surface area contributed by atoms with E-state index in [1.807, 2.05) is 19.9 Å². The molecule has 1 aromatic rings. The molecule has 1 aliphatic heterocycles. The van der Waals surface area contributed by atoms with E-state index in [0.29, 0.717) is 43.2 Å². The predicted octanol–water partition coefficient (Wildman–Crippen LogP) is 4.73. The Morgan fingerprint density at radius 3 is 2.59 bits per heavy atom. The van der Waals surface area contributed by atoms with Crippen LogP contribution in [-0.2, 0) is 9.53 Å². The average Bonchev–Trinajstić information content (AvgIpc) is 2.72. The van der Waals surface area contributed by atoms with Gasteiger partial charge >= 0.3 is 0 Å². The van der Waals surface area contributed by atoms with Crippen molar-refractivity contribution < 1.29 is 18.3 Å². The number of nitrogens with one attached hydrogen (secondary N) is 1. The lowest BCUT2D eigenvalue weighted by Gasteiger charge is -2.33. The van der Waals surface area contributed by atoms with E-state index < -0.39 is 6.43 Å². The van der Waals surface area contributed by atoms with Crippen LogP contribution in [0.4, 0.5) is 20.2 Å². The summed E-state index contributed by atoms with van der Waals surface area (Å²) in [4.78, 5) is 16.5. The first-order valence-electron chi connectivity index (χ1n) is 10.2. The lowest BCUT2D eigenvalue weighted by Crippen LogP contribution is -2.50. The smallest absolute Gasteiger partial charge is 0.264 e. The molecule has 1 aliphatic rings. The zero-order valence-corrected chi connectivity index (χ0v) is 18.1. The minimum Gasteiger partial charge on any atom is -0.379 e. The van der Waals surface area contributed by atoms with E-state index >= 15 is 0 Å². The fourth-order valence-electron chi connectivity index (χ4n) is 3.42. The van der Waals surface area contributed by atoms with Gasteiger partial charge in [-0.1, -0.05) is 19.4 Å². The van der Waals surface area contributed by atoms with Crippen LogP contribution >= 0.6 is 0 Å². The molecule has 1 atom stereocenters. The first kappa shape index (κ1) is 23.3. The number of amides is 1. The van der Waals surface area contributed by atoms with Gasteiger partial charge in [-0.2, -0.15) is 0 Å². The monoisotopic (exact) mass is 409 g/mol. The summed E-state index contributed by atoms with van der Waals surface area (Å²) >= 11 is 0. The minimum absolute atomic E-state index is 0.0630. The Labute approximate surface area is 172 Å². The van der Waals surface area contributed by atoms with E-state index in [1.165, 1.54) is 11.0 Å². The number of rotatable bonds is 8. The SMILES string of the molecule is CCC/C=C(\C)Nc1cc(N(C)C(=O)C(C)N2CCOCC2)cc(C(F)F)c1C. The van der Waals surface area contributed by atoms with Crippen LogP contribution in [0, 0.1) is 6.92 Å². The molecule has 1 N–H and O–H groups in total. The van der Waals surface area contributed by atoms with Gasteiger partial charge in [0.25, 0.3) is 6.43 Å². The minimum atomic E-state index is -2.62. The van der Waals surface area contributed by atoms with Gasteiger partial charge in [0.2, 0.25) is 5.91 Å². The van der Waals surface area contributed by atoms with Gasteiger partial charge in [-0.3, -0.25) is 9.69 Å². The fourth-order valence-corrected chi connectivity index (χ4v) is 3.42. The maximum absolute atomic E-state index is 13.7. The Hall–Kier alpha value is -1.99. The van der Waals surface area contributed by atoms with E-state index in [1.54, 1.807) is 20.0 Å². The summed E-state index contributed by atoms with van der Waals surface area (Å²) in [7, 11) is 1.64. The van der Waals surface area contributed by atoms with Gasteiger partial charge in [0.1, 0.15) is 0 Å². The topological polar surface area (TPSA) is 44.8 Å². The first-order chi connectivity index (χ1) is 13.8. The molecule has 0 spiro atoms. The van der Waals surface area contributed by atoms with Gasteiger partial charge in [-0.05, 0) is 44.9 Å². The highest BCUT2D eigenvalue weighted by molar-refractivity contribution is 5.97. The number of benzene rings is 1. The van der Waals surface area contributed by atoms with Crippen LogP contribution in [0.2, 0.25) is 0 Å². The Morgan fingerprint density at radius 2 is 2.00 bits per heavy atom. The number of morpholine rings is 1. The molecule has 0 radical (unpaired) electrons. The van der Waals surface area contributed by atoms with Crippen molar-refractivity contribution in [1.82, 2.24) is 4.90 Å². The number of unbranched alkanes of at least 4 members (excludes halogenated alkanes) is 1. The zero-order valence-electron chi connectivity index (χ0n) is 18.1. The van der Waals surface area contributed by atoms with Gasteiger partial charge in [-0.15, -0.1) is 0 Å². The molecule has 0 aromatic heterocycles. The van der Waals surface area contributed by atoms with E-state index in [-0.39, 0.29) is 17.5 Å². The summed E-state index contributed by atoms with van der Waals surface area (Å²) in [5.74, 6) is -0.125. The Morgan fingerprint density at radius 1 is 1.34 bits per heavy atom. The molecular formula is C22H33F2N3O2. The van der Waals surface area contributed by atoms with Crippen molar-refractivity contribution in [2.45, 2.75) is 53.0 Å². The number of carbonyl (C=O) groups is 1.